The van der Waals surface area contributed by atoms with E-state index >= 15 is 0 Å². The number of thiazole rings is 1. The molecule has 8 heteroatoms. The number of carbonyl (C=O) groups is 2. The second-order valence-electron chi connectivity index (χ2n) is 7.13. The quantitative estimate of drug-likeness (QED) is 0.396. The highest BCUT2D eigenvalue weighted by Gasteiger charge is 2.22. The Morgan fingerprint density at radius 2 is 2.00 bits per heavy atom. The van der Waals surface area contributed by atoms with Gasteiger partial charge < -0.3 is 13.7 Å². The number of anilines is 1. The molecule has 0 atom stereocenters. The Morgan fingerprint density at radius 1 is 1.19 bits per heavy atom. The predicted molar refractivity (Wildman–Crippen MR) is 120 cm³/mol. The zero-order valence-electron chi connectivity index (χ0n) is 17.6. The minimum absolute atomic E-state index is 0.306. The van der Waals surface area contributed by atoms with Crippen LogP contribution in [0.25, 0.3) is 10.2 Å². The number of likely N-dealkylation sites (N-methyl/N-ethyl adjacent to an activating group) is 1. The first kappa shape index (κ1) is 20.9. The molecule has 0 fully saturated rings. The van der Waals surface area contributed by atoms with Crippen LogP contribution in [0.5, 0.6) is 0 Å². The number of ether oxygens (including phenoxy) is 1. The van der Waals surface area contributed by atoms with E-state index in [0.29, 0.717) is 23.8 Å². The van der Waals surface area contributed by atoms with E-state index in [2.05, 4.69) is 4.98 Å². The molecule has 0 saturated carbocycles. The van der Waals surface area contributed by atoms with Gasteiger partial charge in [-0.15, -0.1) is 0 Å². The molecule has 1 aromatic carbocycles. The van der Waals surface area contributed by atoms with Gasteiger partial charge in [-0.2, -0.15) is 0 Å². The van der Waals surface area contributed by atoms with Gasteiger partial charge in [0.2, 0.25) is 0 Å². The molecular weight excluding hydrogens is 414 g/mol. The minimum atomic E-state index is -0.521. The third-order valence-corrected chi connectivity index (χ3v) is 6.20. The van der Waals surface area contributed by atoms with Gasteiger partial charge in [-0.05, 0) is 51.1 Å². The molecule has 0 spiro atoms. The maximum Gasteiger partial charge on any atom is 0.340 e. The molecule has 0 N–H and O–H groups in total. The van der Waals surface area contributed by atoms with Crippen molar-refractivity contribution in [2.75, 3.05) is 18.1 Å². The lowest BCUT2D eigenvalue weighted by Crippen LogP contribution is -2.34. The highest BCUT2D eigenvalue weighted by molar-refractivity contribution is 7.22. The first-order valence-electron chi connectivity index (χ1n) is 10.00. The zero-order valence-corrected chi connectivity index (χ0v) is 18.4. The number of nitrogens with zero attached hydrogens (tertiary/aromatic N) is 3. The first-order chi connectivity index (χ1) is 15.0. The number of carbonyl (C=O) groups excluding carboxylic acids is 2. The van der Waals surface area contributed by atoms with Gasteiger partial charge in [0.15, 0.2) is 11.7 Å². The molecule has 3 aromatic heterocycles. The standard InChI is InChI=1S/C23H23N3O4S/c1-4-25(23-24-19-9-5-6-10-20(19)31-23)21(27)14-30-22(28)18-12-15(2)26(16(18)3)13-17-8-7-11-29-17/h5-12H,4,13-14H2,1-3H3. The SMILES string of the molecule is CCN(C(=O)COC(=O)c1cc(C)n(Cc2ccco2)c1C)c1nc2ccccc2s1. The maximum atomic E-state index is 12.8. The van der Waals surface area contributed by atoms with E-state index in [1.807, 2.05) is 61.7 Å². The van der Waals surface area contributed by atoms with Crippen LogP contribution in [0.3, 0.4) is 0 Å². The van der Waals surface area contributed by atoms with Gasteiger partial charge in [0.05, 0.1) is 28.6 Å². The predicted octanol–water partition coefficient (Wildman–Crippen LogP) is 4.57. The van der Waals surface area contributed by atoms with Crippen molar-refractivity contribution in [2.45, 2.75) is 27.3 Å². The van der Waals surface area contributed by atoms with Crippen molar-refractivity contribution >= 4 is 38.6 Å². The highest BCUT2D eigenvalue weighted by Crippen LogP contribution is 2.28. The number of esters is 1. The number of rotatable bonds is 7. The Balaban J connectivity index is 1.44. The molecule has 31 heavy (non-hydrogen) atoms. The fraction of sp³-hybridized carbons (Fsp3) is 0.261. The molecule has 0 unspecified atom stereocenters. The first-order valence-corrected chi connectivity index (χ1v) is 10.8. The van der Waals surface area contributed by atoms with Gasteiger partial charge in [-0.3, -0.25) is 9.69 Å². The van der Waals surface area contributed by atoms with Crippen molar-refractivity contribution in [3.8, 4) is 0 Å². The third-order valence-electron chi connectivity index (χ3n) is 5.15. The summed E-state index contributed by atoms with van der Waals surface area (Å²) in [5, 5.41) is 0.598. The van der Waals surface area contributed by atoms with E-state index in [9.17, 15) is 9.59 Å². The summed E-state index contributed by atoms with van der Waals surface area (Å²) in [7, 11) is 0. The Labute approximate surface area is 183 Å². The normalized spacial score (nSPS) is 11.1. The van der Waals surface area contributed by atoms with Gasteiger partial charge in [-0.1, -0.05) is 23.5 Å². The molecule has 4 aromatic rings. The Morgan fingerprint density at radius 3 is 2.71 bits per heavy atom. The zero-order chi connectivity index (χ0) is 22.0. The van der Waals surface area contributed by atoms with Crippen molar-refractivity contribution in [3.05, 3.63) is 71.4 Å². The summed E-state index contributed by atoms with van der Waals surface area (Å²) in [5.74, 6) is -0.0295. The second-order valence-corrected chi connectivity index (χ2v) is 8.14. The summed E-state index contributed by atoms with van der Waals surface area (Å²) in [5.41, 5.74) is 2.97. The van der Waals surface area contributed by atoms with Crippen molar-refractivity contribution in [1.82, 2.24) is 9.55 Å². The van der Waals surface area contributed by atoms with Crippen molar-refractivity contribution in [2.24, 2.45) is 0 Å². The number of aryl methyl sites for hydroxylation is 1. The number of amides is 1. The van der Waals surface area contributed by atoms with E-state index < -0.39 is 5.97 Å². The molecule has 0 saturated heterocycles. The second kappa shape index (κ2) is 8.77. The van der Waals surface area contributed by atoms with Crippen LogP contribution in [0.2, 0.25) is 0 Å². The molecule has 160 valence electrons. The van der Waals surface area contributed by atoms with Crippen LogP contribution in [0.4, 0.5) is 5.13 Å². The molecule has 1 amide bonds. The smallest absolute Gasteiger partial charge is 0.340 e. The van der Waals surface area contributed by atoms with Gasteiger partial charge in [0, 0.05) is 17.9 Å². The molecular formula is C23H23N3O4S. The lowest BCUT2D eigenvalue weighted by molar-refractivity contribution is -0.121. The molecule has 0 radical (unpaired) electrons. The lowest BCUT2D eigenvalue weighted by Gasteiger charge is -2.17. The maximum absolute atomic E-state index is 12.8. The summed E-state index contributed by atoms with van der Waals surface area (Å²) in [6, 6.07) is 13.2. The van der Waals surface area contributed by atoms with Gasteiger partial charge in [-0.25, -0.2) is 9.78 Å². The molecule has 4 rings (SSSR count). The van der Waals surface area contributed by atoms with Crippen molar-refractivity contribution in [3.63, 3.8) is 0 Å². The summed E-state index contributed by atoms with van der Waals surface area (Å²) < 4.78 is 13.8. The Bertz CT molecular complexity index is 1190. The molecule has 3 heterocycles. The van der Waals surface area contributed by atoms with E-state index in [4.69, 9.17) is 9.15 Å². The molecule has 0 bridgehead atoms. The number of hydrogen-bond acceptors (Lipinski definition) is 6. The summed E-state index contributed by atoms with van der Waals surface area (Å²) in [6.45, 7) is 6.27. The van der Waals surface area contributed by atoms with Gasteiger partial charge in [0.25, 0.3) is 5.91 Å². The summed E-state index contributed by atoms with van der Waals surface area (Å²) >= 11 is 1.44. The lowest BCUT2D eigenvalue weighted by atomic mass is 10.2. The number of hydrogen-bond donors (Lipinski definition) is 0. The van der Waals surface area contributed by atoms with E-state index in [1.54, 1.807) is 12.3 Å². The molecule has 0 aliphatic heterocycles. The Kier molecular flexibility index (Phi) is 5.90. The fourth-order valence-corrected chi connectivity index (χ4v) is 4.53. The molecule has 7 nitrogen and oxygen atoms in total. The van der Waals surface area contributed by atoms with Gasteiger partial charge in [0.1, 0.15) is 5.76 Å². The van der Waals surface area contributed by atoms with Crippen LogP contribution < -0.4 is 4.90 Å². The average molecular weight is 438 g/mol. The number of furan rings is 1. The van der Waals surface area contributed by atoms with E-state index in [0.717, 1.165) is 27.4 Å². The van der Waals surface area contributed by atoms with Gasteiger partial charge >= 0.3 is 5.97 Å². The minimum Gasteiger partial charge on any atom is -0.467 e. The van der Waals surface area contributed by atoms with Crippen LogP contribution in [-0.4, -0.2) is 34.6 Å². The van der Waals surface area contributed by atoms with Crippen LogP contribution in [0.15, 0.2) is 53.1 Å². The van der Waals surface area contributed by atoms with Crippen molar-refractivity contribution < 1.29 is 18.7 Å². The topological polar surface area (TPSA) is 77.6 Å². The molecule has 0 aliphatic carbocycles. The number of fused-ring (bicyclic) bond motifs is 1. The van der Waals surface area contributed by atoms with Crippen LogP contribution in [0.1, 0.15) is 34.4 Å². The molecule has 0 aliphatic rings. The van der Waals surface area contributed by atoms with Crippen molar-refractivity contribution in [1.29, 1.82) is 0 Å². The van der Waals surface area contributed by atoms with Crippen LogP contribution >= 0.6 is 11.3 Å². The fourth-order valence-electron chi connectivity index (χ4n) is 3.49. The van der Waals surface area contributed by atoms with E-state index in [1.165, 1.54) is 16.2 Å². The average Bonchev–Trinajstić information content (AvgIpc) is 3.48. The van der Waals surface area contributed by atoms with E-state index in [-0.39, 0.29) is 12.5 Å². The monoisotopic (exact) mass is 437 g/mol. The van der Waals surface area contributed by atoms with Crippen LogP contribution in [-0.2, 0) is 16.1 Å². The Hall–Kier alpha value is -3.39. The van der Waals surface area contributed by atoms with Crippen LogP contribution in [0, 0.1) is 13.8 Å². The number of para-hydroxylation sites is 1. The summed E-state index contributed by atoms with van der Waals surface area (Å²) in [6.07, 6.45) is 1.62. The third kappa shape index (κ3) is 4.25. The largest absolute Gasteiger partial charge is 0.467 e. The highest BCUT2D eigenvalue weighted by atomic mass is 32.1. The number of benzene rings is 1. The number of aromatic nitrogens is 2. The summed E-state index contributed by atoms with van der Waals surface area (Å²) in [4.78, 5) is 31.5.